The van der Waals surface area contributed by atoms with Crippen LogP contribution in [-0.2, 0) is 0 Å². The average Bonchev–Trinajstić information content (AvgIpc) is 3.47. The molecule has 6 nitrogen and oxygen atoms in total. The van der Waals surface area contributed by atoms with E-state index >= 15 is 0 Å². The van der Waals surface area contributed by atoms with E-state index in [4.69, 9.17) is 28.9 Å². The highest BCUT2D eigenvalue weighted by Gasteiger charge is 2.48. The molecule has 0 saturated heterocycles. The summed E-state index contributed by atoms with van der Waals surface area (Å²) in [6.45, 7) is 0.787. The lowest BCUT2D eigenvalue weighted by Crippen LogP contribution is -2.29. The highest BCUT2D eigenvalue weighted by atomic mass is 35.5. The van der Waals surface area contributed by atoms with Crippen LogP contribution in [-0.4, -0.2) is 40.7 Å². The van der Waals surface area contributed by atoms with Crippen LogP contribution in [0.1, 0.15) is 33.6 Å². The normalized spacial score (nSPS) is 16.4. The molecule has 2 N–H and O–H groups in total. The molecule has 9 heteroatoms. The molecule has 1 saturated carbocycles. The molecule has 5 rings (SSSR count). The summed E-state index contributed by atoms with van der Waals surface area (Å²) >= 11 is 12.6. The number of hydrogen-bond acceptors (Lipinski definition) is 3. The first-order valence-electron chi connectivity index (χ1n) is 10.7. The van der Waals surface area contributed by atoms with Crippen LogP contribution in [0.2, 0.25) is 10.0 Å². The monoisotopic (exact) mass is 497 g/mol. The maximum Gasteiger partial charge on any atom is 0.263 e. The average molecular weight is 498 g/mol. The van der Waals surface area contributed by atoms with Crippen molar-refractivity contribution in [2.24, 2.45) is 11.7 Å². The lowest BCUT2D eigenvalue weighted by Gasteiger charge is -2.19. The van der Waals surface area contributed by atoms with Crippen LogP contribution in [0.15, 0.2) is 48.7 Å². The number of nitrogens with two attached hydrogens (primary N) is 1. The Bertz CT molecular complexity index is 1390. The molecule has 1 unspecified atom stereocenters. The lowest BCUT2D eigenvalue weighted by molar-refractivity contribution is -0.431. The van der Waals surface area contributed by atoms with Gasteiger partial charge in [-0.3, -0.25) is 14.5 Å². The fraction of sp³-hybridized carbons (Fsp3) is 0.200. The fourth-order valence-corrected chi connectivity index (χ4v) is 4.88. The van der Waals surface area contributed by atoms with Crippen LogP contribution >= 0.6 is 23.2 Å². The van der Waals surface area contributed by atoms with E-state index in [9.17, 15) is 14.0 Å². The van der Waals surface area contributed by atoms with Crippen molar-refractivity contribution in [3.63, 3.8) is 0 Å². The summed E-state index contributed by atoms with van der Waals surface area (Å²) in [4.78, 5) is 30.8. The van der Waals surface area contributed by atoms with Gasteiger partial charge in [-0.2, -0.15) is 4.58 Å². The molecule has 1 aliphatic heterocycles. The van der Waals surface area contributed by atoms with Gasteiger partial charge in [-0.1, -0.05) is 29.3 Å². The zero-order chi connectivity index (χ0) is 24.1. The Hall–Kier alpha value is -3.29. The number of primary amides is 1. The van der Waals surface area contributed by atoms with Crippen LogP contribution in [0.3, 0.4) is 0 Å². The van der Waals surface area contributed by atoms with E-state index in [0.717, 1.165) is 19.4 Å². The zero-order valence-electron chi connectivity index (χ0n) is 18.2. The van der Waals surface area contributed by atoms with Crippen molar-refractivity contribution in [1.82, 2.24) is 4.98 Å². The molecular weight excluding hydrogens is 478 g/mol. The van der Waals surface area contributed by atoms with Crippen molar-refractivity contribution in [3.05, 3.63) is 75.7 Å². The molecule has 1 aliphatic carbocycles. The smallest absolute Gasteiger partial charge is 0.263 e. The van der Waals surface area contributed by atoms with Crippen molar-refractivity contribution < 1.29 is 18.6 Å². The highest BCUT2D eigenvalue weighted by molar-refractivity contribution is 6.34. The highest BCUT2D eigenvalue weighted by Crippen LogP contribution is 2.42. The minimum absolute atomic E-state index is 0.0304. The molecule has 0 bridgehead atoms. The van der Waals surface area contributed by atoms with Crippen molar-refractivity contribution in [3.8, 4) is 11.1 Å². The molecule has 3 aromatic rings. The van der Waals surface area contributed by atoms with Crippen molar-refractivity contribution in [1.29, 1.82) is 0 Å². The number of benzene rings is 2. The number of fused-ring (bicyclic) bond motifs is 1. The summed E-state index contributed by atoms with van der Waals surface area (Å²) < 4.78 is 16.6. The van der Waals surface area contributed by atoms with Gasteiger partial charge in [-0.05, 0) is 30.3 Å². The van der Waals surface area contributed by atoms with E-state index in [-0.39, 0.29) is 10.6 Å². The Kier molecular flexibility index (Phi) is 5.62. The van der Waals surface area contributed by atoms with Crippen LogP contribution in [0.4, 0.5) is 15.9 Å². The molecule has 2 heterocycles. The van der Waals surface area contributed by atoms with Crippen LogP contribution in [0, 0.1) is 11.7 Å². The van der Waals surface area contributed by atoms with Gasteiger partial charge in [0, 0.05) is 53.9 Å². The second kappa shape index (κ2) is 8.49. The molecule has 1 fully saturated rings. The van der Waals surface area contributed by atoms with Gasteiger partial charge < -0.3 is 5.73 Å². The zero-order valence-corrected chi connectivity index (χ0v) is 19.7. The van der Waals surface area contributed by atoms with Gasteiger partial charge in [0.25, 0.3) is 5.91 Å². The maximum absolute atomic E-state index is 14.5. The first-order valence-corrected chi connectivity index (χ1v) is 11.5. The summed E-state index contributed by atoms with van der Waals surface area (Å²) in [7, 11) is 1.54. The third-order valence-electron chi connectivity index (χ3n) is 6.31. The molecule has 0 radical (unpaired) electrons. The Labute approximate surface area is 205 Å². The minimum Gasteiger partial charge on any atom is -0.366 e. The fourth-order valence-electron chi connectivity index (χ4n) is 4.41. The number of halogens is 3. The molecule has 1 aromatic heterocycles. The molecule has 2 aromatic carbocycles. The lowest BCUT2D eigenvalue weighted by atomic mass is 10.0. The minimum atomic E-state index is -0.699. The van der Waals surface area contributed by atoms with Gasteiger partial charge in [-0.15, -0.1) is 0 Å². The predicted octanol–water partition coefficient (Wildman–Crippen LogP) is 5.08. The van der Waals surface area contributed by atoms with Gasteiger partial charge in [0.2, 0.25) is 17.4 Å². The van der Waals surface area contributed by atoms with E-state index in [2.05, 4.69) is 9.56 Å². The number of anilines is 1. The molecule has 0 spiro atoms. The number of aromatic nitrogens is 1. The Morgan fingerprint density at radius 2 is 1.97 bits per heavy atom. The molecule has 2 amide bonds. The molecule has 172 valence electrons. The number of rotatable bonds is 5. The summed E-state index contributed by atoms with van der Waals surface area (Å²) in [6, 6.07) is 10.8. The van der Waals surface area contributed by atoms with Crippen LogP contribution in [0.5, 0.6) is 0 Å². The number of carbonyl (C=O) groups is 2. The molecule has 34 heavy (non-hydrogen) atoms. The van der Waals surface area contributed by atoms with Crippen molar-refractivity contribution >= 4 is 52.2 Å². The third kappa shape index (κ3) is 3.85. The Morgan fingerprint density at radius 3 is 2.62 bits per heavy atom. The van der Waals surface area contributed by atoms with Crippen LogP contribution < -0.4 is 10.6 Å². The first kappa shape index (κ1) is 22.5. The van der Waals surface area contributed by atoms with Gasteiger partial charge in [-0.25, -0.2) is 9.37 Å². The Balaban J connectivity index is 1.63. The SMILES string of the molecule is CN(C(=O)c1c(F)cccc1Cl)c1ncc(-c2cc(C(N)=O)ccc2Cl)cc1[N+]1=C2CC2CC1. The number of hydrogen-bond donors (Lipinski definition) is 1. The predicted molar refractivity (Wildman–Crippen MR) is 130 cm³/mol. The van der Waals surface area contributed by atoms with E-state index in [1.165, 1.54) is 28.8 Å². The first-order chi connectivity index (χ1) is 16.3. The second-order valence-corrected chi connectivity index (χ2v) is 9.23. The van der Waals surface area contributed by atoms with Gasteiger partial charge in [0.15, 0.2) is 5.71 Å². The largest absolute Gasteiger partial charge is 0.366 e. The standard InChI is InChI=1S/C25H19Cl2FN4O2/c1-31(25(34)22-18(27)3-2-4-19(22)28)24-21(32-8-7-13-10-20(13)32)11-15(12-30-24)16-9-14(23(29)33)5-6-17(16)26/h2-6,9,11-13H,7-8,10H2,1H3,(H-,29,33)/p+1. The summed E-state index contributed by atoms with van der Waals surface area (Å²) in [5.41, 5.74) is 8.81. The summed E-state index contributed by atoms with van der Waals surface area (Å²) in [5, 5.41) is 0.467. The number of carbonyl (C=O) groups excluding carboxylic acids is 2. The number of pyridine rings is 1. The quantitative estimate of drug-likeness (QED) is 0.499. The van der Waals surface area contributed by atoms with Crippen molar-refractivity contribution in [2.45, 2.75) is 12.8 Å². The van der Waals surface area contributed by atoms with Gasteiger partial charge >= 0.3 is 0 Å². The van der Waals surface area contributed by atoms with Crippen molar-refractivity contribution in [2.75, 3.05) is 18.5 Å². The maximum atomic E-state index is 14.5. The number of amides is 2. The third-order valence-corrected chi connectivity index (χ3v) is 6.96. The number of nitrogens with zero attached hydrogens (tertiary/aromatic N) is 3. The second-order valence-electron chi connectivity index (χ2n) is 8.42. The summed E-state index contributed by atoms with van der Waals surface area (Å²) in [5.74, 6) is -0.952. The molecule has 1 atom stereocenters. The summed E-state index contributed by atoms with van der Waals surface area (Å²) in [6.07, 6.45) is 3.59. The van der Waals surface area contributed by atoms with Crippen LogP contribution in [0.25, 0.3) is 11.1 Å². The van der Waals surface area contributed by atoms with E-state index in [1.807, 2.05) is 6.07 Å². The van der Waals surface area contributed by atoms with E-state index in [0.29, 0.717) is 39.1 Å². The van der Waals surface area contributed by atoms with Gasteiger partial charge in [0.05, 0.1) is 16.5 Å². The molecule has 2 aliphatic rings. The topological polar surface area (TPSA) is 79.3 Å². The van der Waals surface area contributed by atoms with E-state index < -0.39 is 17.6 Å². The molecular formula is C25H20Cl2FN4O2+. The Morgan fingerprint density at radius 1 is 1.18 bits per heavy atom. The van der Waals surface area contributed by atoms with Gasteiger partial charge in [0.1, 0.15) is 12.4 Å². The van der Waals surface area contributed by atoms with E-state index in [1.54, 1.807) is 31.4 Å².